The zero-order valence-electron chi connectivity index (χ0n) is 7.22. The Balaban J connectivity index is 3.72. The molecule has 0 spiro atoms. The van der Waals surface area contributed by atoms with Gasteiger partial charge >= 0.3 is 0 Å². The van der Waals surface area contributed by atoms with Gasteiger partial charge in [-0.15, -0.1) is 0 Å². The van der Waals surface area contributed by atoms with E-state index in [0.717, 1.165) is 16.0 Å². The van der Waals surface area contributed by atoms with Gasteiger partial charge in [0.25, 0.3) is 0 Å². The smallest absolute Gasteiger partial charge is 0.0365 e. The molecule has 0 N–H and O–H groups in total. The van der Waals surface area contributed by atoms with Crippen LogP contribution in [-0.2, 0) is 0 Å². The highest BCUT2D eigenvalue weighted by Gasteiger charge is 1.88. The number of hydrogen-bond donors (Lipinski definition) is 0. The summed E-state index contributed by atoms with van der Waals surface area (Å²) < 4.78 is 1.07. The summed E-state index contributed by atoms with van der Waals surface area (Å²) in [4.78, 5) is 4.25. The van der Waals surface area contributed by atoms with Crippen molar-refractivity contribution in [1.29, 1.82) is 0 Å². The fourth-order valence-corrected chi connectivity index (χ4v) is 1.16. The normalized spacial score (nSPS) is 13.8. The van der Waals surface area contributed by atoms with Gasteiger partial charge < -0.3 is 0 Å². The van der Waals surface area contributed by atoms with Crippen LogP contribution < -0.4 is 0 Å². The lowest BCUT2D eigenvalue weighted by Crippen LogP contribution is -1.94. The minimum Gasteiger partial charge on any atom is -0.264 e. The first-order chi connectivity index (χ1) is 5.16. The molecule has 0 aromatic rings. The summed E-state index contributed by atoms with van der Waals surface area (Å²) in [5.74, 6) is 2.19. The van der Waals surface area contributed by atoms with Gasteiger partial charge in [0, 0.05) is 22.1 Å². The second-order valence-electron chi connectivity index (χ2n) is 2.22. The number of thioether (sulfide) groups is 1. The van der Waals surface area contributed by atoms with Crippen LogP contribution in [0.4, 0.5) is 0 Å². The quantitative estimate of drug-likeness (QED) is 0.681. The highest BCUT2D eigenvalue weighted by molar-refractivity contribution is 9.11. The average molecular weight is 236 g/mol. The Labute approximate surface area is 81.5 Å². The van der Waals surface area contributed by atoms with Crippen LogP contribution in [0.5, 0.6) is 0 Å². The van der Waals surface area contributed by atoms with Crippen molar-refractivity contribution in [2.24, 2.45) is 4.99 Å². The van der Waals surface area contributed by atoms with Gasteiger partial charge in [-0.1, -0.05) is 22.9 Å². The number of nitrogens with zero attached hydrogens (tertiary/aromatic N) is 1. The van der Waals surface area contributed by atoms with Crippen molar-refractivity contribution in [3.05, 3.63) is 10.7 Å². The first-order valence-corrected chi connectivity index (χ1v) is 5.55. The Morgan fingerprint density at radius 3 is 2.64 bits per heavy atom. The van der Waals surface area contributed by atoms with Gasteiger partial charge in [-0.3, -0.25) is 4.99 Å². The van der Waals surface area contributed by atoms with Crippen LogP contribution in [0.3, 0.4) is 0 Å². The van der Waals surface area contributed by atoms with Crippen LogP contribution in [0, 0.1) is 0 Å². The van der Waals surface area contributed by atoms with Gasteiger partial charge in [0.15, 0.2) is 0 Å². The molecule has 0 unspecified atom stereocenters. The largest absolute Gasteiger partial charge is 0.264 e. The number of halogens is 1. The molecule has 11 heavy (non-hydrogen) atoms. The Hall–Kier alpha value is 0.240. The van der Waals surface area contributed by atoms with Crippen LogP contribution in [-0.4, -0.2) is 17.2 Å². The molecule has 0 fully saturated rings. The van der Waals surface area contributed by atoms with E-state index in [0.29, 0.717) is 0 Å². The monoisotopic (exact) mass is 235 g/mol. The Morgan fingerprint density at radius 2 is 2.18 bits per heavy atom. The van der Waals surface area contributed by atoms with Crippen molar-refractivity contribution in [2.75, 3.05) is 11.5 Å². The summed E-state index contributed by atoms with van der Waals surface area (Å²) in [5, 5.41) is 0. The molecule has 64 valence electrons. The van der Waals surface area contributed by atoms with E-state index in [2.05, 4.69) is 34.8 Å². The van der Waals surface area contributed by atoms with Crippen LogP contribution in [0.15, 0.2) is 15.7 Å². The summed E-state index contributed by atoms with van der Waals surface area (Å²) in [5.41, 5.74) is 1.18. The maximum Gasteiger partial charge on any atom is 0.0365 e. The van der Waals surface area contributed by atoms with Gasteiger partial charge in [-0.05, 0) is 19.6 Å². The number of hydrogen-bond acceptors (Lipinski definition) is 2. The van der Waals surface area contributed by atoms with Crippen molar-refractivity contribution >= 4 is 33.4 Å². The maximum atomic E-state index is 4.25. The lowest BCUT2D eigenvalue weighted by atomic mass is 10.5. The molecule has 0 aromatic heterocycles. The molecule has 0 atom stereocenters. The lowest BCUT2D eigenvalue weighted by molar-refractivity contribution is 1.46. The molecule has 0 saturated carbocycles. The molecule has 0 rings (SSSR count). The van der Waals surface area contributed by atoms with Crippen molar-refractivity contribution in [3.8, 4) is 0 Å². The SMILES string of the molecule is CCSC/C(C)=N\C=C(/C)Br. The van der Waals surface area contributed by atoms with Crippen LogP contribution in [0.25, 0.3) is 0 Å². The van der Waals surface area contributed by atoms with E-state index in [9.17, 15) is 0 Å². The van der Waals surface area contributed by atoms with E-state index in [1.165, 1.54) is 5.71 Å². The molecule has 1 nitrogen and oxygen atoms in total. The zero-order valence-corrected chi connectivity index (χ0v) is 9.63. The number of allylic oxidation sites excluding steroid dienone is 1. The van der Waals surface area contributed by atoms with Crippen LogP contribution in [0.2, 0.25) is 0 Å². The molecule has 0 radical (unpaired) electrons. The number of rotatable bonds is 4. The van der Waals surface area contributed by atoms with Crippen molar-refractivity contribution < 1.29 is 0 Å². The first-order valence-electron chi connectivity index (χ1n) is 3.60. The second-order valence-corrected chi connectivity index (χ2v) is 4.74. The molecule has 0 aliphatic heterocycles. The Bertz CT molecular complexity index is 159. The predicted molar refractivity (Wildman–Crippen MR) is 58.8 cm³/mol. The van der Waals surface area contributed by atoms with Gasteiger partial charge in [0.1, 0.15) is 0 Å². The van der Waals surface area contributed by atoms with E-state index in [4.69, 9.17) is 0 Å². The Morgan fingerprint density at radius 1 is 1.55 bits per heavy atom. The predicted octanol–water partition coefficient (Wildman–Crippen LogP) is 3.46. The van der Waals surface area contributed by atoms with Crippen molar-refractivity contribution in [2.45, 2.75) is 20.8 Å². The lowest BCUT2D eigenvalue weighted by Gasteiger charge is -1.95. The van der Waals surface area contributed by atoms with Gasteiger partial charge in [-0.2, -0.15) is 11.8 Å². The molecular weight excluding hydrogens is 222 g/mol. The van der Waals surface area contributed by atoms with Crippen LogP contribution >= 0.6 is 27.7 Å². The minimum atomic E-state index is 1.04. The minimum absolute atomic E-state index is 1.04. The topological polar surface area (TPSA) is 12.4 Å². The van der Waals surface area contributed by atoms with E-state index < -0.39 is 0 Å². The highest BCUT2D eigenvalue weighted by atomic mass is 79.9. The van der Waals surface area contributed by atoms with Crippen molar-refractivity contribution in [3.63, 3.8) is 0 Å². The fraction of sp³-hybridized carbons (Fsp3) is 0.625. The standard InChI is InChI=1S/C8H14BrNS/c1-4-11-6-8(3)10-5-7(2)9/h5H,4,6H2,1-3H3/b7-5+,10-8-. The van der Waals surface area contributed by atoms with E-state index >= 15 is 0 Å². The first kappa shape index (κ1) is 11.2. The van der Waals surface area contributed by atoms with Crippen molar-refractivity contribution in [1.82, 2.24) is 0 Å². The van der Waals surface area contributed by atoms with E-state index in [1.54, 1.807) is 0 Å². The van der Waals surface area contributed by atoms with Gasteiger partial charge in [-0.25, -0.2) is 0 Å². The molecule has 0 heterocycles. The zero-order chi connectivity index (χ0) is 8.69. The molecule has 0 bridgehead atoms. The molecule has 0 aromatic carbocycles. The summed E-state index contributed by atoms with van der Waals surface area (Å²) in [6, 6.07) is 0. The third kappa shape index (κ3) is 8.14. The summed E-state index contributed by atoms with van der Waals surface area (Å²) in [7, 11) is 0. The third-order valence-corrected chi connectivity index (χ3v) is 2.21. The van der Waals surface area contributed by atoms with Crippen LogP contribution in [0.1, 0.15) is 20.8 Å². The third-order valence-electron chi connectivity index (χ3n) is 0.978. The molecule has 0 aliphatic rings. The Kier molecular flexibility index (Phi) is 7.07. The van der Waals surface area contributed by atoms with Gasteiger partial charge in [0.2, 0.25) is 0 Å². The molecule has 0 aliphatic carbocycles. The molecule has 0 amide bonds. The van der Waals surface area contributed by atoms with Gasteiger partial charge in [0.05, 0.1) is 0 Å². The molecule has 0 saturated heterocycles. The highest BCUT2D eigenvalue weighted by Crippen LogP contribution is 2.03. The molecular formula is C8H14BrNS. The number of aliphatic imine (C=N–C) groups is 1. The molecule has 3 heteroatoms. The summed E-state index contributed by atoms with van der Waals surface area (Å²) in [6.45, 7) is 6.18. The maximum absolute atomic E-state index is 4.25. The summed E-state index contributed by atoms with van der Waals surface area (Å²) >= 11 is 5.21. The fourth-order valence-electron chi connectivity index (χ4n) is 0.486. The van der Waals surface area contributed by atoms with E-state index in [1.807, 2.05) is 24.9 Å². The average Bonchev–Trinajstić information content (AvgIpc) is 1.97. The summed E-state index contributed by atoms with van der Waals surface area (Å²) in [6.07, 6.45) is 1.84. The second kappa shape index (κ2) is 6.92. The van der Waals surface area contributed by atoms with E-state index in [-0.39, 0.29) is 0 Å².